The molecular weight excluding hydrogens is 430 g/mol. The molecule has 188 valence electrons. The van der Waals surface area contributed by atoms with Crippen LogP contribution in [0, 0.1) is 18.3 Å². The Bertz CT molecular complexity index is 825. The van der Waals surface area contributed by atoms with E-state index in [9.17, 15) is 14.7 Å². The minimum Gasteiger partial charge on any atom is -0.391 e. The molecule has 1 aliphatic rings. The van der Waals surface area contributed by atoms with Crippen LogP contribution < -0.4 is 5.32 Å². The van der Waals surface area contributed by atoms with Gasteiger partial charge in [0, 0.05) is 37.7 Å². The van der Waals surface area contributed by atoms with Crippen LogP contribution in [0.15, 0.2) is 41.1 Å². The lowest BCUT2D eigenvalue weighted by Crippen LogP contribution is -2.30. The lowest BCUT2D eigenvalue weighted by Gasteiger charge is -2.16. The fraction of sp³-hybridized carbons (Fsp3) is 0.519. The average molecular weight is 472 g/mol. The third kappa shape index (κ3) is 13.4. The SMILES string of the molecule is C#Cc1ccc(CNC=O)cc1.CC.CC(C)CC(=O)N1CCC(O)C1.CC(C)c1ccon1. The number of terminal acetylenes is 1. The van der Waals surface area contributed by atoms with E-state index in [1.54, 1.807) is 11.2 Å². The van der Waals surface area contributed by atoms with Gasteiger partial charge in [-0.15, -0.1) is 6.42 Å². The van der Waals surface area contributed by atoms with Gasteiger partial charge >= 0.3 is 0 Å². The summed E-state index contributed by atoms with van der Waals surface area (Å²) in [5.74, 6) is 3.59. The summed E-state index contributed by atoms with van der Waals surface area (Å²) in [6.45, 7) is 14.0. The zero-order chi connectivity index (χ0) is 25.9. The number of aliphatic hydroxyl groups is 1. The number of rotatable bonds is 6. The molecule has 0 saturated carbocycles. The third-order valence-corrected chi connectivity index (χ3v) is 4.66. The normalized spacial score (nSPS) is 14.0. The molecule has 2 heterocycles. The van der Waals surface area contributed by atoms with E-state index in [1.807, 2.05) is 58.0 Å². The molecule has 1 atom stereocenters. The zero-order valence-electron chi connectivity index (χ0n) is 21.5. The van der Waals surface area contributed by atoms with Gasteiger partial charge < -0.3 is 19.8 Å². The van der Waals surface area contributed by atoms with Gasteiger partial charge in [-0.3, -0.25) is 9.59 Å². The predicted octanol–water partition coefficient (Wildman–Crippen LogP) is 4.36. The molecule has 1 fully saturated rings. The van der Waals surface area contributed by atoms with Crippen molar-refractivity contribution in [3.8, 4) is 12.3 Å². The number of β-amino-alcohol motifs (C(OH)–C–C–N with tert-alkyl or cyclic N) is 1. The molecule has 2 amide bonds. The number of aliphatic hydroxyl groups excluding tert-OH is 1. The van der Waals surface area contributed by atoms with Gasteiger partial charge in [0.2, 0.25) is 12.3 Å². The maximum absolute atomic E-state index is 11.4. The van der Waals surface area contributed by atoms with Crippen LogP contribution in [0.4, 0.5) is 0 Å². The van der Waals surface area contributed by atoms with Crippen LogP contribution in [0.1, 0.15) is 77.1 Å². The maximum Gasteiger partial charge on any atom is 0.222 e. The van der Waals surface area contributed by atoms with Crippen molar-refractivity contribution in [1.82, 2.24) is 15.4 Å². The van der Waals surface area contributed by atoms with E-state index in [2.05, 4.69) is 34.8 Å². The van der Waals surface area contributed by atoms with Gasteiger partial charge in [0.25, 0.3) is 0 Å². The molecule has 0 aliphatic carbocycles. The Morgan fingerprint density at radius 1 is 1.26 bits per heavy atom. The van der Waals surface area contributed by atoms with Crippen LogP contribution in [-0.4, -0.2) is 46.7 Å². The van der Waals surface area contributed by atoms with Crippen LogP contribution in [-0.2, 0) is 16.1 Å². The highest BCUT2D eigenvalue weighted by Crippen LogP contribution is 2.12. The summed E-state index contributed by atoms with van der Waals surface area (Å²) >= 11 is 0. The second-order valence-electron chi connectivity index (χ2n) is 8.30. The Hall–Kier alpha value is -3.11. The summed E-state index contributed by atoms with van der Waals surface area (Å²) in [7, 11) is 0. The van der Waals surface area contributed by atoms with E-state index >= 15 is 0 Å². The van der Waals surface area contributed by atoms with Crippen molar-refractivity contribution >= 4 is 12.3 Å². The predicted molar refractivity (Wildman–Crippen MR) is 136 cm³/mol. The van der Waals surface area contributed by atoms with Crippen molar-refractivity contribution in [2.24, 2.45) is 5.92 Å². The fourth-order valence-corrected chi connectivity index (χ4v) is 2.84. The number of aromatic nitrogens is 1. The van der Waals surface area contributed by atoms with Gasteiger partial charge in [0.05, 0.1) is 11.8 Å². The molecule has 0 bridgehead atoms. The van der Waals surface area contributed by atoms with E-state index in [-0.39, 0.29) is 12.0 Å². The minimum atomic E-state index is -0.291. The maximum atomic E-state index is 11.4. The highest BCUT2D eigenvalue weighted by Gasteiger charge is 2.24. The summed E-state index contributed by atoms with van der Waals surface area (Å²) in [4.78, 5) is 23.1. The Morgan fingerprint density at radius 3 is 2.29 bits per heavy atom. The molecule has 1 saturated heterocycles. The summed E-state index contributed by atoms with van der Waals surface area (Å²) < 4.78 is 4.63. The van der Waals surface area contributed by atoms with Crippen LogP contribution in [0.2, 0.25) is 0 Å². The van der Waals surface area contributed by atoms with E-state index in [4.69, 9.17) is 6.42 Å². The Labute approximate surface area is 204 Å². The highest BCUT2D eigenvalue weighted by molar-refractivity contribution is 5.76. The molecular formula is C27H41N3O4. The second-order valence-corrected chi connectivity index (χ2v) is 8.30. The average Bonchev–Trinajstić information content (AvgIpc) is 3.52. The topological polar surface area (TPSA) is 95.7 Å². The molecule has 3 rings (SSSR count). The van der Waals surface area contributed by atoms with E-state index < -0.39 is 0 Å². The number of hydrogen-bond acceptors (Lipinski definition) is 5. The van der Waals surface area contributed by atoms with Crippen LogP contribution in [0.25, 0.3) is 0 Å². The van der Waals surface area contributed by atoms with Gasteiger partial charge in [0.15, 0.2) is 0 Å². The van der Waals surface area contributed by atoms with Crippen molar-refractivity contribution < 1.29 is 19.2 Å². The van der Waals surface area contributed by atoms with Gasteiger partial charge in [-0.1, -0.05) is 64.8 Å². The number of hydrogen-bond donors (Lipinski definition) is 2. The molecule has 2 aromatic rings. The lowest BCUT2D eigenvalue weighted by molar-refractivity contribution is -0.131. The van der Waals surface area contributed by atoms with Gasteiger partial charge in [-0.25, -0.2) is 0 Å². The smallest absolute Gasteiger partial charge is 0.222 e. The number of nitrogens with one attached hydrogen (secondary N) is 1. The van der Waals surface area contributed by atoms with E-state index in [1.165, 1.54) is 0 Å². The standard InChI is InChI=1S/C10H9NO.C9H17NO2.C6H9NO.C2H6/c1-2-9-3-5-10(6-4-9)7-11-8-12;1-7(2)5-9(12)10-4-3-8(11)6-10;1-5(2)6-3-4-8-7-6;1-2/h1,3-6,8H,7H2,(H,11,12);7-8,11H,3-6H2,1-2H3;3-5H,1-2H3;1-2H3. The third-order valence-electron chi connectivity index (χ3n) is 4.66. The largest absolute Gasteiger partial charge is 0.391 e. The Balaban J connectivity index is 0.000000472. The van der Waals surface area contributed by atoms with Gasteiger partial charge in [0.1, 0.15) is 6.26 Å². The van der Waals surface area contributed by atoms with Gasteiger partial charge in [-0.2, -0.15) is 0 Å². The monoisotopic (exact) mass is 471 g/mol. The van der Waals surface area contributed by atoms with Crippen molar-refractivity contribution in [3.63, 3.8) is 0 Å². The van der Waals surface area contributed by atoms with Crippen molar-refractivity contribution in [3.05, 3.63) is 53.4 Å². The molecule has 1 aliphatic heterocycles. The van der Waals surface area contributed by atoms with Gasteiger partial charge in [-0.05, 0) is 36.0 Å². The summed E-state index contributed by atoms with van der Waals surface area (Å²) in [5.41, 5.74) is 2.91. The first kappa shape index (κ1) is 30.9. The number of carbonyl (C=O) groups is 2. The second kappa shape index (κ2) is 18.3. The first-order chi connectivity index (χ1) is 16.3. The number of carbonyl (C=O) groups excluding carboxylic acids is 2. The molecule has 0 radical (unpaired) electrons. The van der Waals surface area contributed by atoms with E-state index in [0.717, 1.165) is 29.8 Å². The first-order valence-electron chi connectivity index (χ1n) is 11.9. The molecule has 2 N–H and O–H groups in total. The zero-order valence-corrected chi connectivity index (χ0v) is 21.5. The quantitative estimate of drug-likeness (QED) is 0.482. The van der Waals surface area contributed by atoms with Crippen molar-refractivity contribution in [1.29, 1.82) is 0 Å². The summed E-state index contributed by atoms with van der Waals surface area (Å²) in [6.07, 6.45) is 8.50. The Kier molecular flexibility index (Phi) is 16.7. The molecule has 1 unspecified atom stereocenters. The fourth-order valence-electron chi connectivity index (χ4n) is 2.84. The van der Waals surface area contributed by atoms with Crippen LogP contribution in [0.3, 0.4) is 0 Å². The summed E-state index contributed by atoms with van der Waals surface area (Å²) in [5, 5.41) is 15.5. The number of nitrogens with zero attached hydrogens (tertiary/aromatic N) is 2. The lowest BCUT2D eigenvalue weighted by atomic mass is 10.1. The Morgan fingerprint density at radius 2 is 1.91 bits per heavy atom. The van der Waals surface area contributed by atoms with Crippen LogP contribution in [0.5, 0.6) is 0 Å². The number of benzene rings is 1. The summed E-state index contributed by atoms with van der Waals surface area (Å²) in [6, 6.07) is 9.37. The first-order valence-corrected chi connectivity index (χ1v) is 11.9. The number of amides is 2. The molecule has 34 heavy (non-hydrogen) atoms. The van der Waals surface area contributed by atoms with Crippen molar-refractivity contribution in [2.75, 3.05) is 13.1 Å². The molecule has 0 spiro atoms. The molecule has 1 aromatic carbocycles. The molecule has 7 heteroatoms. The highest BCUT2D eigenvalue weighted by atomic mass is 16.5. The minimum absolute atomic E-state index is 0.182. The van der Waals surface area contributed by atoms with Crippen molar-refractivity contribution in [2.45, 2.75) is 73.0 Å². The van der Waals surface area contributed by atoms with Crippen LogP contribution >= 0.6 is 0 Å². The molecule has 1 aromatic heterocycles. The van der Waals surface area contributed by atoms with E-state index in [0.29, 0.717) is 37.8 Å². The molecule has 7 nitrogen and oxygen atoms in total. The number of likely N-dealkylation sites (tertiary alicyclic amines) is 1.